The Labute approximate surface area is 95.4 Å². The van der Waals surface area contributed by atoms with Crippen molar-refractivity contribution in [1.29, 1.82) is 0 Å². The van der Waals surface area contributed by atoms with Crippen molar-refractivity contribution in [2.75, 3.05) is 6.61 Å². The van der Waals surface area contributed by atoms with Gasteiger partial charge in [-0.05, 0) is 29.4 Å². The Kier molecular flexibility index (Phi) is 5.01. The van der Waals surface area contributed by atoms with Crippen LogP contribution in [0, 0.1) is 5.41 Å². The van der Waals surface area contributed by atoms with Gasteiger partial charge in [-0.1, -0.05) is 40.0 Å². The first-order valence-corrected chi connectivity index (χ1v) is 7.67. The van der Waals surface area contributed by atoms with Gasteiger partial charge in [-0.25, -0.2) is 0 Å². The van der Waals surface area contributed by atoms with Crippen LogP contribution in [0.1, 0.15) is 52.9 Å². The molecule has 0 saturated heterocycles. The van der Waals surface area contributed by atoms with Crippen LogP contribution in [0.2, 0.25) is 0 Å². The minimum Gasteiger partial charge on any atom is -0.312 e. The Hall–Kier alpha value is 0.530. The summed E-state index contributed by atoms with van der Waals surface area (Å²) in [6.45, 7) is 7.39. The molecule has 1 fully saturated rings. The maximum absolute atomic E-state index is 5.79. The zero-order chi connectivity index (χ0) is 10.6. The summed E-state index contributed by atoms with van der Waals surface area (Å²) in [6.07, 6.45) is 6.67. The summed E-state index contributed by atoms with van der Waals surface area (Å²) in [6, 6.07) is 0. The highest BCUT2D eigenvalue weighted by molar-refractivity contribution is 8.26. The molecule has 1 atom stereocenters. The van der Waals surface area contributed by atoms with Crippen LogP contribution in [0.5, 0.6) is 0 Å². The van der Waals surface area contributed by atoms with Crippen molar-refractivity contribution in [3.63, 3.8) is 0 Å². The summed E-state index contributed by atoms with van der Waals surface area (Å²) in [5, 5.41) is 0.668. The lowest BCUT2D eigenvalue weighted by atomic mass is 9.99. The van der Waals surface area contributed by atoms with Crippen molar-refractivity contribution in [1.82, 2.24) is 0 Å². The normalized spacial score (nSPS) is 22.2. The molecular formula is C11H22OS2. The highest BCUT2D eigenvalue weighted by Crippen LogP contribution is 2.24. The fourth-order valence-corrected chi connectivity index (χ4v) is 3.69. The third-order valence-electron chi connectivity index (χ3n) is 2.43. The van der Waals surface area contributed by atoms with Crippen molar-refractivity contribution in [2.24, 2.45) is 5.41 Å². The van der Waals surface area contributed by atoms with Crippen LogP contribution in [0.4, 0.5) is 0 Å². The van der Waals surface area contributed by atoms with E-state index in [0.717, 1.165) is 6.61 Å². The largest absolute Gasteiger partial charge is 0.312 e. The van der Waals surface area contributed by atoms with E-state index in [4.69, 9.17) is 15.4 Å². The lowest BCUT2D eigenvalue weighted by molar-refractivity contribution is 0.221. The van der Waals surface area contributed by atoms with Gasteiger partial charge in [0, 0.05) is 15.0 Å². The summed E-state index contributed by atoms with van der Waals surface area (Å²) in [5.74, 6) is 0. The molecule has 0 aromatic heterocycles. The maximum atomic E-state index is 5.79. The predicted molar refractivity (Wildman–Crippen MR) is 67.0 cm³/mol. The van der Waals surface area contributed by atoms with E-state index in [1.165, 1.54) is 32.1 Å². The maximum Gasteiger partial charge on any atom is 0.0665 e. The standard InChI is InChI=1S/C11H22OS2/c1-11(2,3)9-12-14(13)10-7-5-4-6-8-10/h10H,4-9H2,1-3H3. The van der Waals surface area contributed by atoms with E-state index in [2.05, 4.69) is 20.8 Å². The molecule has 14 heavy (non-hydrogen) atoms. The van der Waals surface area contributed by atoms with E-state index in [-0.39, 0.29) is 15.2 Å². The fourth-order valence-electron chi connectivity index (χ4n) is 1.59. The molecule has 0 radical (unpaired) electrons. The van der Waals surface area contributed by atoms with E-state index in [0.29, 0.717) is 5.25 Å². The van der Waals surface area contributed by atoms with Gasteiger partial charge in [0.15, 0.2) is 0 Å². The van der Waals surface area contributed by atoms with Gasteiger partial charge in [-0.15, -0.1) is 0 Å². The molecule has 0 aromatic carbocycles. The molecule has 0 spiro atoms. The fraction of sp³-hybridized carbons (Fsp3) is 1.00. The van der Waals surface area contributed by atoms with Crippen LogP contribution in [-0.4, -0.2) is 11.9 Å². The molecule has 0 heterocycles. The highest BCUT2D eigenvalue weighted by atomic mass is 32.8. The van der Waals surface area contributed by atoms with Crippen LogP contribution in [0.3, 0.4) is 0 Å². The van der Waals surface area contributed by atoms with Crippen molar-refractivity contribution in [2.45, 2.75) is 58.1 Å². The van der Waals surface area contributed by atoms with E-state index < -0.39 is 0 Å². The van der Waals surface area contributed by atoms with Gasteiger partial charge in [0.05, 0.1) is 6.61 Å². The smallest absolute Gasteiger partial charge is 0.0665 e. The Morgan fingerprint density at radius 1 is 1.21 bits per heavy atom. The topological polar surface area (TPSA) is 9.23 Å². The SMILES string of the molecule is CC(C)(C)COS(=S)C1CCCCC1. The molecule has 0 aliphatic heterocycles. The first kappa shape index (κ1) is 12.6. The minimum absolute atomic E-state index is 0.220. The quantitative estimate of drug-likeness (QED) is 0.740. The molecule has 1 unspecified atom stereocenters. The van der Waals surface area contributed by atoms with Crippen LogP contribution >= 0.6 is 0 Å². The van der Waals surface area contributed by atoms with Crippen molar-refractivity contribution < 1.29 is 4.18 Å². The predicted octanol–water partition coefficient (Wildman–Crippen LogP) is 3.38. The molecule has 1 aliphatic carbocycles. The Balaban J connectivity index is 2.27. The van der Waals surface area contributed by atoms with Crippen molar-refractivity contribution in [3.05, 3.63) is 0 Å². The van der Waals surface area contributed by atoms with Gasteiger partial charge >= 0.3 is 0 Å². The van der Waals surface area contributed by atoms with Crippen molar-refractivity contribution in [3.8, 4) is 0 Å². The molecule has 3 heteroatoms. The zero-order valence-electron chi connectivity index (χ0n) is 9.54. The van der Waals surface area contributed by atoms with Gasteiger partial charge in [0.1, 0.15) is 0 Å². The third kappa shape index (κ3) is 4.85. The Morgan fingerprint density at radius 3 is 2.29 bits per heavy atom. The molecule has 0 N–H and O–H groups in total. The second-order valence-electron chi connectivity index (χ2n) is 5.34. The second-order valence-corrected chi connectivity index (χ2v) is 7.75. The molecular weight excluding hydrogens is 212 g/mol. The van der Waals surface area contributed by atoms with Crippen molar-refractivity contribution >= 4 is 20.9 Å². The lowest BCUT2D eigenvalue weighted by Crippen LogP contribution is -2.23. The molecule has 1 aliphatic rings. The molecule has 84 valence electrons. The first-order chi connectivity index (χ1) is 6.49. The minimum atomic E-state index is -0.220. The van der Waals surface area contributed by atoms with Crippen LogP contribution in [-0.2, 0) is 25.1 Å². The summed E-state index contributed by atoms with van der Waals surface area (Å²) < 4.78 is 5.79. The zero-order valence-corrected chi connectivity index (χ0v) is 11.2. The lowest BCUT2D eigenvalue weighted by Gasteiger charge is -2.25. The summed E-state index contributed by atoms with van der Waals surface area (Å²) in [7, 11) is -0.220. The molecule has 1 nitrogen and oxygen atoms in total. The average molecular weight is 234 g/mol. The summed E-state index contributed by atoms with van der Waals surface area (Å²) in [5.41, 5.74) is 0.249. The molecule has 1 rings (SSSR count). The number of rotatable bonds is 3. The van der Waals surface area contributed by atoms with E-state index in [1.807, 2.05) is 0 Å². The van der Waals surface area contributed by atoms with Gasteiger partial charge in [-0.3, -0.25) is 0 Å². The third-order valence-corrected chi connectivity index (χ3v) is 4.90. The second kappa shape index (κ2) is 5.57. The highest BCUT2D eigenvalue weighted by Gasteiger charge is 2.19. The van der Waals surface area contributed by atoms with Gasteiger partial charge in [0.2, 0.25) is 0 Å². The number of hydrogen-bond acceptors (Lipinski definition) is 2. The molecule has 0 aromatic rings. The molecule has 0 bridgehead atoms. The molecule has 1 saturated carbocycles. The van der Waals surface area contributed by atoms with Gasteiger partial charge in [0.25, 0.3) is 0 Å². The van der Waals surface area contributed by atoms with Crippen LogP contribution < -0.4 is 0 Å². The average Bonchev–Trinajstić information content (AvgIpc) is 2.14. The monoisotopic (exact) mass is 234 g/mol. The summed E-state index contributed by atoms with van der Waals surface area (Å²) in [4.78, 5) is 0. The van der Waals surface area contributed by atoms with Gasteiger partial charge < -0.3 is 4.18 Å². The molecule has 0 amide bonds. The Morgan fingerprint density at radius 2 is 1.79 bits per heavy atom. The van der Waals surface area contributed by atoms with Crippen LogP contribution in [0.25, 0.3) is 0 Å². The first-order valence-electron chi connectivity index (χ1n) is 5.53. The van der Waals surface area contributed by atoms with E-state index >= 15 is 0 Å². The Bertz CT molecular complexity index is 190. The van der Waals surface area contributed by atoms with E-state index in [9.17, 15) is 0 Å². The van der Waals surface area contributed by atoms with Crippen LogP contribution in [0.15, 0.2) is 0 Å². The summed E-state index contributed by atoms with van der Waals surface area (Å²) >= 11 is 5.43. The number of hydrogen-bond donors (Lipinski definition) is 0. The van der Waals surface area contributed by atoms with E-state index in [1.54, 1.807) is 0 Å². The van der Waals surface area contributed by atoms with Gasteiger partial charge in [-0.2, -0.15) is 0 Å².